The Kier molecular flexibility index (Phi) is 3.62. The molecule has 0 saturated carbocycles. The highest BCUT2D eigenvalue weighted by atomic mass is 16.1. The van der Waals surface area contributed by atoms with Gasteiger partial charge < -0.3 is 16.0 Å². The van der Waals surface area contributed by atoms with E-state index in [0.717, 1.165) is 11.5 Å². The lowest BCUT2D eigenvalue weighted by molar-refractivity contribution is 0.0955. The van der Waals surface area contributed by atoms with Gasteiger partial charge in [0.15, 0.2) is 0 Å². The van der Waals surface area contributed by atoms with Gasteiger partial charge in [-0.2, -0.15) is 0 Å². The molecule has 0 radical (unpaired) electrons. The van der Waals surface area contributed by atoms with Gasteiger partial charge >= 0.3 is 0 Å². The smallest absolute Gasteiger partial charge is 0.253 e. The molecule has 5 heteroatoms. The number of nitrogen functional groups attached to an aromatic ring is 1. The zero-order valence-electron chi connectivity index (χ0n) is 10.2. The molecule has 1 aromatic carbocycles. The number of aromatic amines is 1. The highest BCUT2D eigenvalue weighted by molar-refractivity contribution is 5.99. The predicted molar refractivity (Wildman–Crippen MR) is 70.2 cm³/mol. The minimum absolute atomic E-state index is 0.156. The van der Waals surface area contributed by atoms with Gasteiger partial charge in [-0.25, -0.2) is 4.98 Å². The van der Waals surface area contributed by atoms with Gasteiger partial charge in [-0.15, -0.1) is 0 Å². The van der Waals surface area contributed by atoms with E-state index in [2.05, 4.69) is 15.3 Å². The zero-order valence-corrected chi connectivity index (χ0v) is 10.2. The van der Waals surface area contributed by atoms with Crippen molar-refractivity contribution in [1.82, 2.24) is 15.3 Å². The predicted octanol–water partition coefficient (Wildman–Crippen LogP) is 1.27. The summed E-state index contributed by atoms with van der Waals surface area (Å²) in [7, 11) is 0. The van der Waals surface area contributed by atoms with Gasteiger partial charge in [0.05, 0.1) is 5.56 Å². The third-order valence-electron chi connectivity index (χ3n) is 2.61. The van der Waals surface area contributed by atoms with Crippen LogP contribution in [0.1, 0.15) is 21.9 Å². The first kappa shape index (κ1) is 12.2. The average Bonchev–Trinajstić information content (AvgIpc) is 2.75. The second kappa shape index (κ2) is 5.35. The summed E-state index contributed by atoms with van der Waals surface area (Å²) in [6.45, 7) is 2.47. The number of rotatable bonds is 4. The number of carbonyl (C=O) groups excluding carboxylic acids is 1. The Morgan fingerprint density at radius 2 is 2.22 bits per heavy atom. The first-order valence-corrected chi connectivity index (χ1v) is 5.80. The molecule has 5 nitrogen and oxygen atoms in total. The highest BCUT2D eigenvalue weighted by Crippen LogP contribution is 2.09. The molecule has 0 unspecified atom stereocenters. The van der Waals surface area contributed by atoms with Gasteiger partial charge in [0.1, 0.15) is 5.82 Å². The van der Waals surface area contributed by atoms with Crippen molar-refractivity contribution in [2.24, 2.45) is 0 Å². The second-order valence-electron chi connectivity index (χ2n) is 4.11. The van der Waals surface area contributed by atoms with Crippen LogP contribution in [0.25, 0.3) is 0 Å². The van der Waals surface area contributed by atoms with Crippen LogP contribution in [0.3, 0.4) is 0 Å². The first-order chi connectivity index (χ1) is 8.66. The van der Waals surface area contributed by atoms with E-state index in [-0.39, 0.29) is 5.91 Å². The fourth-order valence-electron chi connectivity index (χ4n) is 1.69. The Morgan fingerprint density at radius 3 is 2.89 bits per heavy atom. The minimum atomic E-state index is -0.156. The van der Waals surface area contributed by atoms with E-state index in [4.69, 9.17) is 5.73 Å². The van der Waals surface area contributed by atoms with E-state index in [9.17, 15) is 4.79 Å². The molecular weight excluding hydrogens is 228 g/mol. The standard InChI is InChI=1S/C13H16N4O/c1-9-8-16-12(17-9)6-7-15-13(18)10-4-2-3-5-11(10)14/h2-5,8H,6-7,14H2,1H3,(H,15,18)(H,16,17). The number of nitrogens with zero attached hydrogens (tertiary/aromatic N) is 1. The van der Waals surface area contributed by atoms with E-state index < -0.39 is 0 Å². The molecule has 0 fully saturated rings. The van der Waals surface area contributed by atoms with Crippen LogP contribution in [-0.2, 0) is 6.42 Å². The van der Waals surface area contributed by atoms with Gasteiger partial charge in [0.25, 0.3) is 5.91 Å². The summed E-state index contributed by atoms with van der Waals surface area (Å²) >= 11 is 0. The second-order valence-corrected chi connectivity index (χ2v) is 4.11. The molecule has 1 amide bonds. The van der Waals surface area contributed by atoms with Crippen LogP contribution in [0.2, 0.25) is 0 Å². The topological polar surface area (TPSA) is 83.8 Å². The monoisotopic (exact) mass is 244 g/mol. The van der Waals surface area contributed by atoms with Crippen LogP contribution in [0, 0.1) is 6.92 Å². The molecule has 0 spiro atoms. The Bertz CT molecular complexity index is 547. The maximum atomic E-state index is 11.8. The highest BCUT2D eigenvalue weighted by Gasteiger charge is 2.08. The number of carbonyl (C=O) groups is 1. The van der Waals surface area contributed by atoms with Gasteiger partial charge in [-0.1, -0.05) is 12.1 Å². The summed E-state index contributed by atoms with van der Waals surface area (Å²) in [5.74, 6) is 0.713. The molecule has 0 saturated heterocycles. The lowest BCUT2D eigenvalue weighted by atomic mass is 10.1. The summed E-state index contributed by atoms with van der Waals surface area (Å²) in [5.41, 5.74) is 7.74. The van der Waals surface area contributed by atoms with Crippen molar-refractivity contribution < 1.29 is 4.79 Å². The fraction of sp³-hybridized carbons (Fsp3) is 0.231. The molecule has 4 N–H and O–H groups in total. The molecule has 2 aromatic rings. The summed E-state index contributed by atoms with van der Waals surface area (Å²) in [4.78, 5) is 19.1. The number of hydrogen-bond donors (Lipinski definition) is 3. The Hall–Kier alpha value is -2.30. The number of imidazole rings is 1. The largest absolute Gasteiger partial charge is 0.398 e. The number of hydrogen-bond acceptors (Lipinski definition) is 3. The van der Waals surface area contributed by atoms with Crippen molar-refractivity contribution in [1.29, 1.82) is 0 Å². The Morgan fingerprint density at radius 1 is 1.44 bits per heavy atom. The Balaban J connectivity index is 1.87. The number of aromatic nitrogens is 2. The van der Waals surface area contributed by atoms with Crippen molar-refractivity contribution in [2.75, 3.05) is 12.3 Å². The first-order valence-electron chi connectivity index (χ1n) is 5.80. The van der Waals surface area contributed by atoms with Crippen molar-refractivity contribution >= 4 is 11.6 Å². The van der Waals surface area contributed by atoms with E-state index in [1.807, 2.05) is 6.92 Å². The van der Waals surface area contributed by atoms with Gasteiger partial charge in [-0.3, -0.25) is 4.79 Å². The van der Waals surface area contributed by atoms with Crippen molar-refractivity contribution in [3.8, 4) is 0 Å². The summed E-state index contributed by atoms with van der Waals surface area (Å²) in [6.07, 6.45) is 2.44. The zero-order chi connectivity index (χ0) is 13.0. The molecule has 0 bridgehead atoms. The third-order valence-corrected chi connectivity index (χ3v) is 2.61. The van der Waals surface area contributed by atoms with E-state index in [1.54, 1.807) is 30.5 Å². The quantitative estimate of drug-likeness (QED) is 0.708. The van der Waals surface area contributed by atoms with Crippen LogP contribution in [0.4, 0.5) is 5.69 Å². The minimum Gasteiger partial charge on any atom is -0.398 e. The van der Waals surface area contributed by atoms with Crippen LogP contribution >= 0.6 is 0 Å². The maximum absolute atomic E-state index is 11.8. The van der Waals surface area contributed by atoms with Gasteiger partial charge in [0.2, 0.25) is 0 Å². The van der Waals surface area contributed by atoms with Gasteiger partial charge in [-0.05, 0) is 19.1 Å². The number of aryl methyl sites for hydroxylation is 1. The third kappa shape index (κ3) is 2.88. The number of amides is 1. The van der Waals surface area contributed by atoms with E-state index >= 15 is 0 Å². The molecule has 0 atom stereocenters. The number of para-hydroxylation sites is 1. The number of H-pyrrole nitrogens is 1. The van der Waals surface area contributed by atoms with Crippen LogP contribution in [0.15, 0.2) is 30.5 Å². The van der Waals surface area contributed by atoms with Crippen LogP contribution < -0.4 is 11.1 Å². The molecule has 94 valence electrons. The van der Waals surface area contributed by atoms with Crippen LogP contribution in [-0.4, -0.2) is 22.4 Å². The van der Waals surface area contributed by atoms with Crippen molar-refractivity contribution in [3.63, 3.8) is 0 Å². The van der Waals surface area contributed by atoms with Crippen molar-refractivity contribution in [3.05, 3.63) is 47.5 Å². The van der Waals surface area contributed by atoms with E-state index in [0.29, 0.717) is 24.2 Å². The number of benzene rings is 1. The van der Waals surface area contributed by atoms with Crippen LogP contribution in [0.5, 0.6) is 0 Å². The SMILES string of the molecule is Cc1cnc(CCNC(=O)c2ccccc2N)[nH]1. The normalized spacial score (nSPS) is 10.3. The molecule has 1 heterocycles. The van der Waals surface area contributed by atoms with Crippen molar-refractivity contribution in [2.45, 2.75) is 13.3 Å². The number of nitrogens with two attached hydrogens (primary N) is 1. The number of nitrogens with one attached hydrogen (secondary N) is 2. The Labute approximate surface area is 105 Å². The summed E-state index contributed by atoms with van der Waals surface area (Å²) in [6, 6.07) is 7.02. The number of anilines is 1. The lowest BCUT2D eigenvalue weighted by Gasteiger charge is -2.06. The summed E-state index contributed by atoms with van der Waals surface area (Å²) in [5, 5.41) is 2.82. The maximum Gasteiger partial charge on any atom is 0.253 e. The molecule has 18 heavy (non-hydrogen) atoms. The molecule has 1 aromatic heterocycles. The molecule has 0 aliphatic carbocycles. The molecule has 0 aliphatic rings. The molecule has 0 aliphatic heterocycles. The molecule has 2 rings (SSSR count). The fourth-order valence-corrected chi connectivity index (χ4v) is 1.69. The lowest BCUT2D eigenvalue weighted by Crippen LogP contribution is -2.26. The molecular formula is C13H16N4O. The van der Waals surface area contributed by atoms with Gasteiger partial charge in [0, 0.05) is 30.5 Å². The summed E-state index contributed by atoms with van der Waals surface area (Å²) < 4.78 is 0. The average molecular weight is 244 g/mol. The van der Waals surface area contributed by atoms with E-state index in [1.165, 1.54) is 0 Å².